The molecule has 0 unspecified atom stereocenters. The smallest absolute Gasteiger partial charge is 0.265 e. The largest absolute Gasteiger partial charge is 0.392 e. The van der Waals surface area contributed by atoms with Gasteiger partial charge in [0.15, 0.2) is 0 Å². The number of hydrogen-bond donors (Lipinski definition) is 4. The molecule has 0 aliphatic rings. The third-order valence-corrected chi connectivity index (χ3v) is 3.42. The second-order valence-corrected chi connectivity index (χ2v) is 5.22. The lowest BCUT2D eigenvalue weighted by atomic mass is 10.1. The van der Waals surface area contributed by atoms with Crippen LogP contribution in [0, 0.1) is 11.8 Å². The fraction of sp³-hybridized carbons (Fsp3) is 0.263. The van der Waals surface area contributed by atoms with Gasteiger partial charge < -0.3 is 10.6 Å². The van der Waals surface area contributed by atoms with Gasteiger partial charge in [0, 0.05) is 23.9 Å². The predicted octanol–water partition coefficient (Wildman–Crippen LogP) is 1.73. The summed E-state index contributed by atoms with van der Waals surface area (Å²) < 4.78 is 0. The first-order valence-electron chi connectivity index (χ1n) is 7.89. The van der Waals surface area contributed by atoms with E-state index in [1.807, 2.05) is 26.1 Å². The molecule has 0 radical (unpaired) electrons. The number of hydroxylamine groups is 1. The second kappa shape index (κ2) is 10.7. The van der Waals surface area contributed by atoms with Gasteiger partial charge in [-0.05, 0) is 49.8 Å². The first kappa shape index (κ1) is 20.0. The zero-order valence-electron chi connectivity index (χ0n) is 14.6. The van der Waals surface area contributed by atoms with Crippen LogP contribution in [0.25, 0.3) is 0 Å². The van der Waals surface area contributed by atoms with Crippen LogP contribution < -0.4 is 16.1 Å². The minimum absolute atomic E-state index is 0.371. The number of hydrogen-bond acceptors (Lipinski definition) is 4. The summed E-state index contributed by atoms with van der Waals surface area (Å²) in [7, 11) is 1.85. The summed E-state index contributed by atoms with van der Waals surface area (Å²) in [6.45, 7) is 3.69. The van der Waals surface area contributed by atoms with E-state index in [0.29, 0.717) is 12.0 Å². The molecule has 0 spiro atoms. The molecule has 132 valence electrons. The van der Waals surface area contributed by atoms with Crippen molar-refractivity contribution in [1.82, 2.24) is 16.1 Å². The number of rotatable bonds is 6. The normalized spacial score (nSPS) is 12.1. The van der Waals surface area contributed by atoms with E-state index in [4.69, 9.17) is 5.21 Å². The molecule has 6 heteroatoms. The molecule has 4 N–H and O–H groups in total. The maximum atomic E-state index is 12.1. The zero-order chi connectivity index (χ0) is 18.7. The molecule has 0 bridgehead atoms. The summed E-state index contributed by atoms with van der Waals surface area (Å²) in [5, 5.41) is 14.2. The van der Waals surface area contributed by atoms with E-state index in [0.717, 1.165) is 11.3 Å². The fourth-order valence-electron chi connectivity index (χ4n) is 1.83. The molecular weight excluding hydrogens is 318 g/mol. The van der Waals surface area contributed by atoms with Crippen molar-refractivity contribution >= 4 is 11.8 Å². The van der Waals surface area contributed by atoms with Gasteiger partial charge in [-0.25, -0.2) is 5.48 Å². The lowest BCUT2D eigenvalue weighted by Gasteiger charge is -2.14. The molecule has 0 aliphatic carbocycles. The maximum absolute atomic E-state index is 12.1. The van der Waals surface area contributed by atoms with Gasteiger partial charge in [-0.2, -0.15) is 0 Å². The number of carbonyl (C=O) groups excluding carboxylic acids is 2. The predicted molar refractivity (Wildman–Crippen MR) is 96.8 cm³/mol. The van der Waals surface area contributed by atoms with Gasteiger partial charge in [-0.3, -0.25) is 14.8 Å². The average Bonchev–Trinajstić information content (AvgIpc) is 2.65. The molecule has 1 rings (SSSR count). The van der Waals surface area contributed by atoms with Gasteiger partial charge in [0.05, 0.1) is 0 Å². The quantitative estimate of drug-likeness (QED) is 0.274. The Morgan fingerprint density at radius 1 is 1.28 bits per heavy atom. The molecule has 1 aromatic rings. The van der Waals surface area contributed by atoms with Crippen molar-refractivity contribution < 1.29 is 14.8 Å². The van der Waals surface area contributed by atoms with Gasteiger partial charge >= 0.3 is 0 Å². The van der Waals surface area contributed by atoms with E-state index >= 15 is 0 Å². The van der Waals surface area contributed by atoms with Crippen molar-refractivity contribution in [3.8, 4) is 11.8 Å². The summed E-state index contributed by atoms with van der Waals surface area (Å²) in [4.78, 5) is 23.5. The number of carbonyl (C=O) groups is 2. The van der Waals surface area contributed by atoms with Crippen molar-refractivity contribution in [2.24, 2.45) is 0 Å². The van der Waals surface area contributed by atoms with Gasteiger partial charge in [0.2, 0.25) is 0 Å². The topological polar surface area (TPSA) is 90.5 Å². The monoisotopic (exact) mass is 341 g/mol. The van der Waals surface area contributed by atoms with Crippen molar-refractivity contribution in [2.45, 2.75) is 26.3 Å². The molecular formula is C19H23N3O3. The third-order valence-electron chi connectivity index (χ3n) is 3.42. The molecule has 0 saturated carbocycles. The average molecular weight is 341 g/mol. The molecule has 0 aliphatic heterocycles. The van der Waals surface area contributed by atoms with Crippen LogP contribution in [0.3, 0.4) is 0 Å². The number of benzene rings is 1. The first-order chi connectivity index (χ1) is 12.0. The van der Waals surface area contributed by atoms with Crippen LogP contribution in [-0.2, 0) is 4.79 Å². The first-order valence-corrected chi connectivity index (χ1v) is 7.89. The summed E-state index contributed by atoms with van der Waals surface area (Å²) in [5.41, 5.74) is 3.76. The van der Waals surface area contributed by atoms with Gasteiger partial charge in [-0.15, -0.1) is 0 Å². The van der Waals surface area contributed by atoms with E-state index in [2.05, 4.69) is 22.5 Å². The Hall–Kier alpha value is -3.04. The lowest BCUT2D eigenvalue weighted by Crippen LogP contribution is -2.45. The van der Waals surface area contributed by atoms with E-state index in [1.54, 1.807) is 37.3 Å². The van der Waals surface area contributed by atoms with E-state index in [1.165, 1.54) is 5.48 Å². The Morgan fingerprint density at radius 2 is 1.96 bits per heavy atom. The van der Waals surface area contributed by atoms with Gasteiger partial charge in [-0.1, -0.05) is 24.8 Å². The molecule has 0 heterocycles. The Balaban J connectivity index is 2.70. The Labute approximate surface area is 148 Å². The van der Waals surface area contributed by atoms with E-state index in [9.17, 15) is 9.59 Å². The van der Waals surface area contributed by atoms with E-state index in [-0.39, 0.29) is 5.91 Å². The highest BCUT2D eigenvalue weighted by Crippen LogP contribution is 2.04. The van der Waals surface area contributed by atoms with Gasteiger partial charge in [0.1, 0.15) is 6.04 Å². The van der Waals surface area contributed by atoms with Crippen LogP contribution in [0.15, 0.2) is 48.2 Å². The minimum atomic E-state index is -0.781. The molecule has 2 amide bonds. The molecule has 0 saturated heterocycles. The highest BCUT2D eigenvalue weighted by atomic mass is 16.5. The maximum Gasteiger partial charge on any atom is 0.265 e. The fourth-order valence-corrected chi connectivity index (χ4v) is 1.83. The molecule has 6 nitrogen and oxygen atoms in total. The van der Waals surface area contributed by atoms with Gasteiger partial charge in [0.25, 0.3) is 11.8 Å². The second-order valence-electron chi connectivity index (χ2n) is 5.22. The van der Waals surface area contributed by atoms with Crippen molar-refractivity contribution in [3.05, 3.63) is 59.3 Å². The lowest BCUT2D eigenvalue weighted by molar-refractivity contribution is -0.131. The van der Waals surface area contributed by atoms with Crippen molar-refractivity contribution in [1.29, 1.82) is 0 Å². The summed E-state index contributed by atoms with van der Waals surface area (Å²) in [6.07, 6.45) is 5.86. The molecule has 1 aromatic carbocycles. The minimum Gasteiger partial charge on any atom is -0.392 e. The SMILES string of the molecule is CC[C@H](NC(=O)c1ccc(C#C/C=C/C=C(/C)NC)cc1)C(=O)NO. The number of nitrogens with one attached hydrogen (secondary N) is 3. The zero-order valence-corrected chi connectivity index (χ0v) is 14.6. The van der Waals surface area contributed by atoms with E-state index < -0.39 is 11.9 Å². The Bertz CT molecular complexity index is 710. The summed E-state index contributed by atoms with van der Waals surface area (Å²) >= 11 is 0. The molecule has 0 aromatic heterocycles. The van der Waals surface area contributed by atoms with Crippen LogP contribution in [0.4, 0.5) is 0 Å². The van der Waals surface area contributed by atoms with Crippen LogP contribution in [-0.4, -0.2) is 30.1 Å². The Morgan fingerprint density at radius 3 is 2.52 bits per heavy atom. The van der Waals surface area contributed by atoms with Crippen LogP contribution in [0.1, 0.15) is 36.2 Å². The summed E-state index contributed by atoms with van der Waals surface area (Å²) in [5.74, 6) is 4.84. The van der Waals surface area contributed by atoms with Crippen LogP contribution in [0.2, 0.25) is 0 Å². The molecule has 25 heavy (non-hydrogen) atoms. The van der Waals surface area contributed by atoms with Crippen molar-refractivity contribution in [2.75, 3.05) is 7.05 Å². The molecule has 0 fully saturated rings. The highest BCUT2D eigenvalue weighted by Gasteiger charge is 2.18. The summed E-state index contributed by atoms with van der Waals surface area (Å²) in [6, 6.07) is 5.96. The van der Waals surface area contributed by atoms with Crippen LogP contribution >= 0.6 is 0 Å². The van der Waals surface area contributed by atoms with Crippen molar-refractivity contribution in [3.63, 3.8) is 0 Å². The highest BCUT2D eigenvalue weighted by molar-refractivity contribution is 5.97. The molecule has 1 atom stereocenters. The number of allylic oxidation sites excluding steroid dienone is 4. The van der Waals surface area contributed by atoms with Crippen LogP contribution in [0.5, 0.6) is 0 Å². The number of amides is 2. The third kappa shape index (κ3) is 6.94. The standard InChI is InChI=1S/C19H23N3O3/c1-4-17(19(24)22-25)21-18(23)16-12-10-15(11-13-16)9-7-5-6-8-14(2)20-3/h5-6,8,10-13,17,20,25H,4H2,1-3H3,(H,21,23)(H,22,24)/b6-5+,14-8-/t17-/m0/s1. The Kier molecular flexibility index (Phi) is 8.55.